The van der Waals surface area contributed by atoms with Gasteiger partial charge in [0.05, 0.1) is 5.56 Å². The predicted octanol–water partition coefficient (Wildman–Crippen LogP) is 4.52. The van der Waals surface area contributed by atoms with Gasteiger partial charge in [-0.25, -0.2) is 4.79 Å². The summed E-state index contributed by atoms with van der Waals surface area (Å²) in [4.78, 5) is 23.8. The first-order valence-electron chi connectivity index (χ1n) is 7.64. The Morgan fingerprint density at radius 1 is 0.792 bits per heavy atom. The molecule has 0 spiro atoms. The molecule has 0 heterocycles. The molecule has 0 saturated heterocycles. The minimum Gasteiger partial charge on any atom is -0.457 e. The van der Waals surface area contributed by atoms with Crippen molar-refractivity contribution >= 4 is 12.3 Å². The number of carbonyl (C=O) groups excluding carboxylic acids is 2. The second-order valence-electron chi connectivity index (χ2n) is 5.31. The Bertz CT molecular complexity index is 854. The molecule has 0 amide bonds. The normalized spacial score (nSPS) is 10.2. The van der Waals surface area contributed by atoms with E-state index in [-0.39, 0.29) is 6.61 Å². The molecule has 0 fully saturated rings. The lowest BCUT2D eigenvalue weighted by Crippen LogP contribution is -2.07. The molecule has 0 aliphatic heterocycles. The molecule has 0 unspecified atom stereocenters. The molecule has 3 rings (SSSR count). The summed E-state index contributed by atoms with van der Waals surface area (Å²) in [6, 6.07) is 23.9. The van der Waals surface area contributed by atoms with Gasteiger partial charge in [-0.1, -0.05) is 72.8 Å². The third-order valence-corrected chi connectivity index (χ3v) is 3.74. The van der Waals surface area contributed by atoms with E-state index in [9.17, 15) is 9.59 Å². The van der Waals surface area contributed by atoms with Gasteiger partial charge in [0.1, 0.15) is 6.61 Å². The number of hydrogen-bond donors (Lipinski definition) is 0. The number of ether oxygens (including phenoxy) is 1. The van der Waals surface area contributed by atoms with E-state index in [1.165, 1.54) is 0 Å². The van der Waals surface area contributed by atoms with Gasteiger partial charge in [-0.2, -0.15) is 0 Å². The number of esters is 1. The second kappa shape index (κ2) is 7.38. The fourth-order valence-electron chi connectivity index (χ4n) is 2.54. The van der Waals surface area contributed by atoms with Crippen molar-refractivity contribution in [2.45, 2.75) is 6.61 Å². The van der Waals surface area contributed by atoms with Crippen LogP contribution in [-0.4, -0.2) is 12.3 Å². The number of hydrogen-bond acceptors (Lipinski definition) is 3. The van der Waals surface area contributed by atoms with E-state index < -0.39 is 5.97 Å². The second-order valence-corrected chi connectivity index (χ2v) is 5.31. The predicted molar refractivity (Wildman–Crippen MR) is 92.8 cm³/mol. The highest BCUT2D eigenvalue weighted by Crippen LogP contribution is 2.27. The van der Waals surface area contributed by atoms with Gasteiger partial charge in [-0.3, -0.25) is 4.79 Å². The molecule has 0 aromatic heterocycles. The molecule has 0 aliphatic carbocycles. The lowest BCUT2D eigenvalue weighted by atomic mass is 9.96. The molecular formula is C21H16O3. The first-order valence-corrected chi connectivity index (χ1v) is 7.64. The maximum atomic E-state index is 12.5. The van der Waals surface area contributed by atoms with Gasteiger partial charge in [0.25, 0.3) is 0 Å². The highest BCUT2D eigenvalue weighted by Gasteiger charge is 2.15. The molecule has 3 heteroatoms. The summed E-state index contributed by atoms with van der Waals surface area (Å²) < 4.78 is 5.42. The molecule has 0 atom stereocenters. The maximum Gasteiger partial charge on any atom is 0.339 e. The Morgan fingerprint density at radius 3 is 2.17 bits per heavy atom. The van der Waals surface area contributed by atoms with E-state index in [0.29, 0.717) is 16.7 Å². The largest absolute Gasteiger partial charge is 0.457 e. The molecule has 0 saturated carbocycles. The summed E-state index contributed by atoms with van der Waals surface area (Å²) in [6.45, 7) is 0.212. The van der Waals surface area contributed by atoms with Gasteiger partial charge in [0, 0.05) is 5.56 Å². The quantitative estimate of drug-likeness (QED) is 0.513. The summed E-state index contributed by atoms with van der Waals surface area (Å²) in [5.74, 6) is -0.407. The van der Waals surface area contributed by atoms with Crippen molar-refractivity contribution in [3.63, 3.8) is 0 Å². The van der Waals surface area contributed by atoms with Crippen LogP contribution in [0.1, 0.15) is 26.3 Å². The molecular weight excluding hydrogens is 300 g/mol. The summed E-state index contributed by atoms with van der Waals surface area (Å²) >= 11 is 0. The maximum absolute atomic E-state index is 12.5. The van der Waals surface area contributed by atoms with Crippen LogP contribution in [0.2, 0.25) is 0 Å². The molecule has 3 aromatic rings. The van der Waals surface area contributed by atoms with Crippen molar-refractivity contribution in [2.24, 2.45) is 0 Å². The summed E-state index contributed by atoms with van der Waals surface area (Å²) in [5.41, 5.74) is 3.33. The Labute approximate surface area is 140 Å². The summed E-state index contributed by atoms with van der Waals surface area (Å²) in [7, 11) is 0. The molecule has 0 aliphatic rings. The van der Waals surface area contributed by atoms with E-state index in [1.54, 1.807) is 24.3 Å². The van der Waals surface area contributed by atoms with Crippen LogP contribution in [0.4, 0.5) is 0 Å². The van der Waals surface area contributed by atoms with Gasteiger partial charge in [-0.15, -0.1) is 0 Å². The van der Waals surface area contributed by atoms with Gasteiger partial charge in [-0.05, 0) is 22.8 Å². The Morgan fingerprint density at radius 2 is 1.42 bits per heavy atom. The molecule has 0 N–H and O–H groups in total. The zero-order valence-electron chi connectivity index (χ0n) is 13.0. The number of aldehydes is 1. The van der Waals surface area contributed by atoms with Crippen LogP contribution in [0.3, 0.4) is 0 Å². The third-order valence-electron chi connectivity index (χ3n) is 3.74. The average Bonchev–Trinajstić information content (AvgIpc) is 2.67. The zero-order valence-corrected chi connectivity index (χ0v) is 13.0. The Hall–Kier alpha value is -3.20. The van der Waals surface area contributed by atoms with Crippen LogP contribution in [0.5, 0.6) is 0 Å². The molecule has 3 aromatic carbocycles. The van der Waals surface area contributed by atoms with Crippen molar-refractivity contribution in [3.8, 4) is 11.1 Å². The van der Waals surface area contributed by atoms with Crippen molar-refractivity contribution in [1.82, 2.24) is 0 Å². The smallest absolute Gasteiger partial charge is 0.339 e. The SMILES string of the molecule is O=Cc1ccccc1-c1ccccc1C(=O)OCc1ccccc1. The number of benzene rings is 3. The highest BCUT2D eigenvalue weighted by molar-refractivity contribution is 6.00. The van der Waals surface area contributed by atoms with Crippen LogP contribution >= 0.6 is 0 Å². The van der Waals surface area contributed by atoms with Crippen molar-refractivity contribution in [1.29, 1.82) is 0 Å². The van der Waals surface area contributed by atoms with Gasteiger partial charge in [0.15, 0.2) is 6.29 Å². The Kier molecular flexibility index (Phi) is 4.82. The van der Waals surface area contributed by atoms with Crippen LogP contribution in [-0.2, 0) is 11.3 Å². The Balaban J connectivity index is 1.89. The van der Waals surface area contributed by atoms with Crippen molar-refractivity contribution < 1.29 is 14.3 Å². The van der Waals surface area contributed by atoms with E-state index in [4.69, 9.17) is 4.74 Å². The minimum absolute atomic E-state index is 0.212. The van der Waals surface area contributed by atoms with Gasteiger partial charge < -0.3 is 4.74 Å². The van der Waals surface area contributed by atoms with Gasteiger partial charge in [0.2, 0.25) is 0 Å². The fraction of sp³-hybridized carbons (Fsp3) is 0.0476. The standard InChI is InChI=1S/C21H16O3/c22-14-17-10-4-5-11-18(17)19-12-6-7-13-20(19)21(23)24-15-16-8-2-1-3-9-16/h1-14H,15H2. The molecule has 3 nitrogen and oxygen atoms in total. The molecule has 118 valence electrons. The van der Waals surface area contributed by atoms with E-state index in [2.05, 4.69) is 0 Å². The topological polar surface area (TPSA) is 43.4 Å². The van der Waals surface area contributed by atoms with Crippen LogP contribution < -0.4 is 0 Å². The first kappa shape index (κ1) is 15.7. The number of rotatable bonds is 5. The van der Waals surface area contributed by atoms with Crippen LogP contribution in [0.25, 0.3) is 11.1 Å². The van der Waals surface area contributed by atoms with Crippen molar-refractivity contribution in [2.75, 3.05) is 0 Å². The molecule has 0 radical (unpaired) electrons. The molecule has 24 heavy (non-hydrogen) atoms. The summed E-state index contributed by atoms with van der Waals surface area (Å²) in [5, 5.41) is 0. The highest BCUT2D eigenvalue weighted by atomic mass is 16.5. The van der Waals surface area contributed by atoms with E-state index in [1.807, 2.05) is 54.6 Å². The van der Waals surface area contributed by atoms with E-state index in [0.717, 1.165) is 17.4 Å². The molecule has 0 bridgehead atoms. The van der Waals surface area contributed by atoms with E-state index >= 15 is 0 Å². The lowest BCUT2D eigenvalue weighted by Gasteiger charge is -2.11. The lowest BCUT2D eigenvalue weighted by molar-refractivity contribution is 0.0473. The van der Waals surface area contributed by atoms with Gasteiger partial charge >= 0.3 is 5.97 Å². The first-order chi connectivity index (χ1) is 11.8. The minimum atomic E-state index is -0.407. The van der Waals surface area contributed by atoms with Crippen LogP contribution in [0.15, 0.2) is 78.9 Å². The van der Waals surface area contributed by atoms with Crippen LogP contribution in [0, 0.1) is 0 Å². The fourth-order valence-corrected chi connectivity index (χ4v) is 2.54. The number of carbonyl (C=O) groups is 2. The third kappa shape index (κ3) is 3.41. The van der Waals surface area contributed by atoms with Crippen molar-refractivity contribution in [3.05, 3.63) is 95.6 Å². The zero-order chi connectivity index (χ0) is 16.8. The summed E-state index contributed by atoms with van der Waals surface area (Å²) in [6.07, 6.45) is 0.793. The average molecular weight is 316 g/mol. The monoisotopic (exact) mass is 316 g/mol.